The number of aliphatic carboxylic acids is 1. The van der Waals surface area contributed by atoms with Crippen LogP contribution in [0.5, 0.6) is 0 Å². The molecule has 0 amide bonds. The SMILES string of the molecule is O=C(O)Cc1csc2nncn12. The fourth-order valence-corrected chi connectivity index (χ4v) is 1.77. The van der Waals surface area contributed by atoms with Crippen molar-refractivity contribution in [3.63, 3.8) is 0 Å². The van der Waals surface area contributed by atoms with Gasteiger partial charge >= 0.3 is 5.97 Å². The van der Waals surface area contributed by atoms with E-state index in [0.29, 0.717) is 5.69 Å². The molecule has 0 aromatic carbocycles. The number of fused-ring (bicyclic) bond motifs is 1. The number of rotatable bonds is 2. The second kappa shape index (κ2) is 2.56. The standard InChI is InChI=1S/C6H5N3O2S/c10-5(11)1-4-2-12-6-8-7-3-9(4)6/h2-3H,1H2,(H,10,11). The molecule has 0 aliphatic heterocycles. The van der Waals surface area contributed by atoms with Gasteiger partial charge in [-0.2, -0.15) is 0 Å². The average molecular weight is 183 g/mol. The van der Waals surface area contributed by atoms with E-state index in [0.717, 1.165) is 4.96 Å². The Morgan fingerprint density at radius 1 is 1.75 bits per heavy atom. The molecule has 12 heavy (non-hydrogen) atoms. The van der Waals surface area contributed by atoms with Crippen LogP contribution in [0.15, 0.2) is 11.7 Å². The summed E-state index contributed by atoms with van der Waals surface area (Å²) < 4.78 is 1.68. The minimum atomic E-state index is -0.844. The third-order valence-electron chi connectivity index (χ3n) is 1.46. The Balaban J connectivity index is 2.47. The van der Waals surface area contributed by atoms with Gasteiger partial charge in [0.2, 0.25) is 4.96 Å². The number of carboxylic acid groups (broad SMARTS) is 1. The molecular formula is C6H5N3O2S. The molecule has 0 saturated carbocycles. The lowest BCUT2D eigenvalue weighted by Gasteiger charge is -1.90. The summed E-state index contributed by atoms with van der Waals surface area (Å²) in [5.41, 5.74) is 0.715. The summed E-state index contributed by atoms with van der Waals surface area (Å²) in [6.45, 7) is 0. The van der Waals surface area contributed by atoms with Gasteiger partial charge in [-0.1, -0.05) is 0 Å². The van der Waals surface area contributed by atoms with Gasteiger partial charge in [-0.25, -0.2) is 0 Å². The molecule has 0 bridgehead atoms. The molecule has 0 atom stereocenters. The molecule has 6 heteroatoms. The van der Waals surface area contributed by atoms with Gasteiger partial charge in [0.1, 0.15) is 6.33 Å². The number of hydrogen-bond acceptors (Lipinski definition) is 4. The molecule has 5 nitrogen and oxygen atoms in total. The maximum Gasteiger partial charge on any atom is 0.309 e. The molecule has 2 rings (SSSR count). The van der Waals surface area contributed by atoms with Crippen LogP contribution in [0, 0.1) is 0 Å². The zero-order chi connectivity index (χ0) is 8.55. The van der Waals surface area contributed by atoms with Crippen LogP contribution in [0.4, 0.5) is 0 Å². The molecule has 0 unspecified atom stereocenters. The molecule has 0 radical (unpaired) electrons. The van der Waals surface area contributed by atoms with Crippen LogP contribution in [0.3, 0.4) is 0 Å². The number of hydrogen-bond donors (Lipinski definition) is 1. The molecule has 2 aromatic heterocycles. The van der Waals surface area contributed by atoms with E-state index in [4.69, 9.17) is 5.11 Å². The first-order valence-electron chi connectivity index (χ1n) is 3.25. The normalized spacial score (nSPS) is 10.7. The van der Waals surface area contributed by atoms with Crippen molar-refractivity contribution in [2.75, 3.05) is 0 Å². The monoisotopic (exact) mass is 183 g/mol. The van der Waals surface area contributed by atoms with Crippen LogP contribution in [0.25, 0.3) is 4.96 Å². The van der Waals surface area contributed by atoms with Gasteiger partial charge in [0.05, 0.1) is 6.42 Å². The lowest BCUT2D eigenvalue weighted by Crippen LogP contribution is -2.01. The van der Waals surface area contributed by atoms with Crippen LogP contribution in [0.2, 0.25) is 0 Å². The fourth-order valence-electron chi connectivity index (χ4n) is 0.961. The Hall–Kier alpha value is -1.43. The van der Waals surface area contributed by atoms with Gasteiger partial charge in [0.25, 0.3) is 0 Å². The Morgan fingerprint density at radius 2 is 2.58 bits per heavy atom. The summed E-state index contributed by atoms with van der Waals surface area (Å²) in [5.74, 6) is -0.844. The molecule has 0 fully saturated rings. The van der Waals surface area contributed by atoms with Crippen LogP contribution >= 0.6 is 11.3 Å². The maximum atomic E-state index is 10.4. The van der Waals surface area contributed by atoms with E-state index >= 15 is 0 Å². The van der Waals surface area contributed by atoms with E-state index < -0.39 is 5.97 Å². The number of thiazole rings is 1. The highest BCUT2D eigenvalue weighted by Gasteiger charge is 2.07. The third-order valence-corrected chi connectivity index (χ3v) is 2.34. The van der Waals surface area contributed by atoms with E-state index in [1.54, 1.807) is 9.78 Å². The molecule has 2 aromatic rings. The van der Waals surface area contributed by atoms with Gasteiger partial charge in [-0.3, -0.25) is 9.20 Å². The van der Waals surface area contributed by atoms with Crippen LogP contribution < -0.4 is 0 Å². The number of carboxylic acids is 1. The lowest BCUT2D eigenvalue weighted by molar-refractivity contribution is -0.136. The number of nitrogens with zero attached hydrogens (tertiary/aromatic N) is 3. The molecule has 0 saturated heterocycles. The van der Waals surface area contributed by atoms with Crippen LogP contribution in [-0.4, -0.2) is 25.7 Å². The van der Waals surface area contributed by atoms with Crippen molar-refractivity contribution in [3.05, 3.63) is 17.4 Å². The minimum absolute atomic E-state index is 0.0119. The van der Waals surface area contributed by atoms with Crippen LogP contribution in [-0.2, 0) is 11.2 Å². The van der Waals surface area contributed by atoms with Crippen molar-refractivity contribution in [2.24, 2.45) is 0 Å². The number of carbonyl (C=O) groups is 1. The summed E-state index contributed by atoms with van der Waals surface area (Å²) in [4.78, 5) is 11.1. The van der Waals surface area contributed by atoms with Gasteiger partial charge in [-0.15, -0.1) is 21.5 Å². The first-order valence-corrected chi connectivity index (χ1v) is 4.13. The summed E-state index contributed by atoms with van der Waals surface area (Å²) in [5, 5.41) is 17.8. The first-order chi connectivity index (χ1) is 5.77. The molecule has 0 spiro atoms. The predicted molar refractivity (Wildman–Crippen MR) is 42.2 cm³/mol. The van der Waals surface area contributed by atoms with E-state index in [1.807, 2.05) is 0 Å². The van der Waals surface area contributed by atoms with Gasteiger partial charge < -0.3 is 5.11 Å². The molecule has 1 N–H and O–H groups in total. The van der Waals surface area contributed by atoms with E-state index in [2.05, 4.69) is 10.2 Å². The van der Waals surface area contributed by atoms with Crippen molar-refractivity contribution in [2.45, 2.75) is 6.42 Å². The van der Waals surface area contributed by atoms with Gasteiger partial charge in [0.15, 0.2) is 0 Å². The summed E-state index contributed by atoms with van der Waals surface area (Å²) in [6.07, 6.45) is 1.53. The molecule has 62 valence electrons. The highest BCUT2D eigenvalue weighted by atomic mass is 32.1. The van der Waals surface area contributed by atoms with Gasteiger partial charge in [0, 0.05) is 11.1 Å². The summed E-state index contributed by atoms with van der Waals surface area (Å²) >= 11 is 1.39. The lowest BCUT2D eigenvalue weighted by atomic mass is 10.3. The largest absolute Gasteiger partial charge is 0.481 e. The zero-order valence-corrected chi connectivity index (χ0v) is 6.78. The molecule has 2 heterocycles. The smallest absolute Gasteiger partial charge is 0.309 e. The summed E-state index contributed by atoms with van der Waals surface area (Å²) in [7, 11) is 0. The summed E-state index contributed by atoms with van der Waals surface area (Å²) in [6, 6.07) is 0. The Morgan fingerprint density at radius 3 is 3.33 bits per heavy atom. The molecule has 0 aliphatic carbocycles. The van der Waals surface area contributed by atoms with E-state index in [9.17, 15) is 4.79 Å². The second-order valence-electron chi connectivity index (χ2n) is 2.28. The highest BCUT2D eigenvalue weighted by Crippen LogP contribution is 2.13. The Labute approximate surface area is 71.3 Å². The van der Waals surface area contributed by atoms with E-state index in [1.165, 1.54) is 17.7 Å². The fraction of sp³-hybridized carbons (Fsp3) is 0.167. The Bertz CT molecular complexity index is 419. The third kappa shape index (κ3) is 1.06. The van der Waals surface area contributed by atoms with Crippen molar-refractivity contribution in [1.29, 1.82) is 0 Å². The topological polar surface area (TPSA) is 67.5 Å². The van der Waals surface area contributed by atoms with Crippen molar-refractivity contribution >= 4 is 22.3 Å². The van der Waals surface area contributed by atoms with Crippen molar-refractivity contribution < 1.29 is 9.90 Å². The van der Waals surface area contributed by atoms with Crippen molar-refractivity contribution in [1.82, 2.24) is 14.6 Å². The number of aromatic nitrogens is 3. The average Bonchev–Trinajstić information content (AvgIpc) is 2.52. The highest BCUT2D eigenvalue weighted by molar-refractivity contribution is 7.15. The predicted octanol–water partition coefficient (Wildman–Crippen LogP) is 0.418. The van der Waals surface area contributed by atoms with Crippen LogP contribution in [0.1, 0.15) is 5.69 Å². The van der Waals surface area contributed by atoms with E-state index in [-0.39, 0.29) is 6.42 Å². The maximum absolute atomic E-state index is 10.4. The molecular weight excluding hydrogens is 178 g/mol. The first kappa shape index (κ1) is 7.23. The second-order valence-corrected chi connectivity index (χ2v) is 3.12. The Kier molecular flexibility index (Phi) is 1.54. The molecule has 0 aliphatic rings. The van der Waals surface area contributed by atoms with Gasteiger partial charge in [-0.05, 0) is 0 Å². The zero-order valence-electron chi connectivity index (χ0n) is 5.97. The van der Waals surface area contributed by atoms with Crippen molar-refractivity contribution in [3.8, 4) is 0 Å². The quantitative estimate of drug-likeness (QED) is 0.732. The minimum Gasteiger partial charge on any atom is -0.481 e.